The van der Waals surface area contributed by atoms with Gasteiger partial charge in [0.15, 0.2) is 0 Å². The van der Waals surface area contributed by atoms with Gasteiger partial charge in [-0.1, -0.05) is 36.1 Å². The quantitative estimate of drug-likeness (QED) is 0.568. The summed E-state index contributed by atoms with van der Waals surface area (Å²) in [5, 5.41) is 2.51. The number of carbonyl (C=O) groups excluding carboxylic acids is 2. The van der Waals surface area contributed by atoms with E-state index in [1.165, 1.54) is 5.56 Å². The number of rotatable bonds is 7. The minimum atomic E-state index is -0.884. The van der Waals surface area contributed by atoms with Gasteiger partial charge in [0.2, 0.25) is 5.91 Å². The van der Waals surface area contributed by atoms with E-state index in [1.54, 1.807) is 30.3 Å². The fourth-order valence-electron chi connectivity index (χ4n) is 3.21. The number of nitrogens with two attached hydrogens (primary N) is 2. The maximum Gasteiger partial charge on any atom is 0.251 e. The molecule has 2 aromatic carbocycles. The normalized spacial score (nSPS) is 15.0. The first-order valence-corrected chi connectivity index (χ1v) is 10.5. The summed E-state index contributed by atoms with van der Waals surface area (Å²) < 4.78 is 5.38. The zero-order valence-corrected chi connectivity index (χ0v) is 17.9. The van der Waals surface area contributed by atoms with Crippen LogP contribution in [0.4, 0.5) is 0 Å². The Morgan fingerprint density at radius 3 is 2.41 bits per heavy atom. The van der Waals surface area contributed by atoms with Crippen LogP contribution in [0.5, 0.6) is 0 Å². The number of hydrogen-bond donors (Lipinski definition) is 3. The molecule has 1 atom stereocenters. The van der Waals surface area contributed by atoms with Crippen LogP contribution in [0, 0.1) is 11.8 Å². The lowest BCUT2D eigenvalue weighted by atomic mass is 10.1. The van der Waals surface area contributed by atoms with E-state index >= 15 is 0 Å². The fraction of sp³-hybridized carbons (Fsp3) is 0.280. The first kappa shape index (κ1) is 23.2. The van der Waals surface area contributed by atoms with E-state index in [0.29, 0.717) is 5.56 Å². The average molecular weight is 433 g/mol. The van der Waals surface area contributed by atoms with Gasteiger partial charge in [0.25, 0.3) is 5.91 Å². The number of allylic oxidation sites excluding steroid dienone is 1. The number of primary amides is 1. The van der Waals surface area contributed by atoms with Gasteiger partial charge in [-0.25, -0.2) is 0 Å². The van der Waals surface area contributed by atoms with Crippen LogP contribution >= 0.6 is 0 Å². The van der Waals surface area contributed by atoms with Crippen LogP contribution < -0.4 is 16.8 Å². The fourth-order valence-corrected chi connectivity index (χ4v) is 3.21. The minimum absolute atomic E-state index is 0.0445. The molecule has 0 spiro atoms. The molecule has 7 heteroatoms. The summed E-state index contributed by atoms with van der Waals surface area (Å²) in [6, 6.07) is 14.3. The molecule has 1 aliphatic rings. The van der Waals surface area contributed by atoms with Crippen molar-refractivity contribution in [2.75, 3.05) is 32.8 Å². The second-order valence-electron chi connectivity index (χ2n) is 7.47. The Balaban J connectivity index is 1.51. The van der Waals surface area contributed by atoms with Gasteiger partial charge >= 0.3 is 0 Å². The third-order valence-corrected chi connectivity index (χ3v) is 5.10. The summed E-state index contributed by atoms with van der Waals surface area (Å²) in [4.78, 5) is 25.7. The van der Waals surface area contributed by atoms with Crippen molar-refractivity contribution >= 4 is 17.9 Å². The van der Waals surface area contributed by atoms with Gasteiger partial charge in [-0.15, -0.1) is 0 Å². The molecule has 1 aliphatic heterocycles. The van der Waals surface area contributed by atoms with Crippen molar-refractivity contribution in [2.45, 2.75) is 12.6 Å². The topological polar surface area (TPSA) is 111 Å². The highest BCUT2D eigenvalue weighted by Crippen LogP contribution is 2.09. The monoisotopic (exact) mass is 432 g/mol. The highest BCUT2D eigenvalue weighted by molar-refractivity contribution is 5.97. The van der Waals surface area contributed by atoms with Crippen LogP contribution in [0.25, 0.3) is 6.08 Å². The molecule has 32 heavy (non-hydrogen) atoms. The molecule has 0 aromatic heterocycles. The summed E-state index contributed by atoms with van der Waals surface area (Å²) in [6.45, 7) is 4.43. The summed E-state index contributed by atoms with van der Waals surface area (Å²) in [5.74, 6) is 5.10. The molecule has 5 N–H and O–H groups in total. The van der Waals surface area contributed by atoms with E-state index in [0.717, 1.165) is 44.0 Å². The van der Waals surface area contributed by atoms with Crippen LogP contribution in [0.2, 0.25) is 0 Å². The smallest absolute Gasteiger partial charge is 0.251 e. The van der Waals surface area contributed by atoms with E-state index in [4.69, 9.17) is 16.2 Å². The highest BCUT2D eigenvalue weighted by Gasteiger charge is 2.16. The Morgan fingerprint density at radius 1 is 1.09 bits per heavy atom. The molecular weight excluding hydrogens is 404 g/mol. The summed E-state index contributed by atoms with van der Waals surface area (Å²) >= 11 is 0. The van der Waals surface area contributed by atoms with Crippen LogP contribution in [-0.2, 0) is 16.1 Å². The second-order valence-corrected chi connectivity index (χ2v) is 7.47. The Kier molecular flexibility index (Phi) is 8.58. The summed E-state index contributed by atoms with van der Waals surface area (Å²) in [5.41, 5.74) is 14.2. The lowest BCUT2D eigenvalue weighted by molar-refractivity contribution is -0.119. The largest absolute Gasteiger partial charge is 0.379 e. The average Bonchev–Trinajstić information content (AvgIpc) is 2.82. The van der Waals surface area contributed by atoms with E-state index in [9.17, 15) is 9.59 Å². The molecule has 0 aliphatic carbocycles. The number of nitrogens with zero attached hydrogens (tertiary/aromatic N) is 1. The van der Waals surface area contributed by atoms with Gasteiger partial charge in [-0.2, -0.15) is 0 Å². The SMILES string of the molecule is NCC(NC(=O)c1ccc(/C=C/C#Cc2ccc(CN3CCOCC3)cc2)cc1)C(N)=O. The Morgan fingerprint density at radius 2 is 1.78 bits per heavy atom. The number of benzene rings is 2. The molecule has 1 unspecified atom stereocenters. The van der Waals surface area contributed by atoms with Gasteiger partial charge in [-0.3, -0.25) is 14.5 Å². The Labute approximate surface area is 188 Å². The molecule has 1 saturated heterocycles. The molecular formula is C25H28N4O3. The highest BCUT2D eigenvalue weighted by atomic mass is 16.5. The first-order valence-electron chi connectivity index (χ1n) is 10.5. The Bertz CT molecular complexity index is 998. The summed E-state index contributed by atoms with van der Waals surface area (Å²) in [7, 11) is 0. The second kappa shape index (κ2) is 11.8. The predicted octanol–water partition coefficient (Wildman–Crippen LogP) is 1.13. The zero-order chi connectivity index (χ0) is 22.8. The van der Waals surface area contributed by atoms with E-state index in [1.807, 2.05) is 18.2 Å². The van der Waals surface area contributed by atoms with Crippen molar-refractivity contribution in [3.05, 3.63) is 76.9 Å². The maximum absolute atomic E-state index is 12.2. The van der Waals surface area contributed by atoms with Gasteiger partial charge in [0.05, 0.1) is 13.2 Å². The lowest BCUT2D eigenvalue weighted by Gasteiger charge is -2.26. The summed E-state index contributed by atoms with van der Waals surface area (Å²) in [6.07, 6.45) is 3.64. The van der Waals surface area contributed by atoms with Crippen LogP contribution in [0.3, 0.4) is 0 Å². The number of morpholine rings is 1. The third-order valence-electron chi connectivity index (χ3n) is 5.10. The molecule has 3 rings (SSSR count). The number of nitrogens with one attached hydrogen (secondary N) is 1. The van der Waals surface area contributed by atoms with E-state index in [-0.39, 0.29) is 6.54 Å². The van der Waals surface area contributed by atoms with Crippen molar-refractivity contribution in [2.24, 2.45) is 11.5 Å². The van der Waals surface area contributed by atoms with Crippen LogP contribution in [0.1, 0.15) is 27.0 Å². The van der Waals surface area contributed by atoms with Gasteiger partial charge in [0.1, 0.15) is 6.04 Å². The molecule has 1 fully saturated rings. The molecule has 0 saturated carbocycles. The number of ether oxygens (including phenoxy) is 1. The molecule has 0 radical (unpaired) electrons. The van der Waals surface area contributed by atoms with E-state index in [2.05, 4.69) is 34.2 Å². The van der Waals surface area contributed by atoms with Crippen molar-refractivity contribution < 1.29 is 14.3 Å². The maximum atomic E-state index is 12.2. The number of amides is 2. The number of carbonyl (C=O) groups is 2. The first-order chi connectivity index (χ1) is 15.5. The van der Waals surface area contributed by atoms with Gasteiger partial charge in [-0.05, 0) is 47.5 Å². The lowest BCUT2D eigenvalue weighted by Crippen LogP contribution is -2.48. The van der Waals surface area contributed by atoms with E-state index < -0.39 is 17.9 Å². The minimum Gasteiger partial charge on any atom is -0.379 e. The van der Waals surface area contributed by atoms with Crippen molar-refractivity contribution in [1.82, 2.24) is 10.2 Å². The standard InChI is InChI=1S/C25H28N4O3/c26-17-23(24(27)30)28-25(31)22-11-9-20(10-12-22)4-2-1-3-19-5-7-21(8-6-19)18-29-13-15-32-16-14-29/h2,4-12,23H,13-18,26H2,(H2,27,30)(H,28,31)/b4-2+. The Hall–Kier alpha value is -3.44. The third kappa shape index (κ3) is 7.06. The van der Waals surface area contributed by atoms with Crippen molar-refractivity contribution in [3.8, 4) is 11.8 Å². The van der Waals surface area contributed by atoms with Gasteiger partial charge < -0.3 is 21.5 Å². The molecule has 2 amide bonds. The molecule has 166 valence electrons. The predicted molar refractivity (Wildman–Crippen MR) is 124 cm³/mol. The van der Waals surface area contributed by atoms with Crippen molar-refractivity contribution in [3.63, 3.8) is 0 Å². The molecule has 1 heterocycles. The molecule has 7 nitrogen and oxygen atoms in total. The number of hydrogen-bond acceptors (Lipinski definition) is 5. The molecule has 2 aromatic rings. The van der Waals surface area contributed by atoms with Crippen molar-refractivity contribution in [1.29, 1.82) is 0 Å². The van der Waals surface area contributed by atoms with Crippen LogP contribution in [0.15, 0.2) is 54.6 Å². The van der Waals surface area contributed by atoms with Gasteiger partial charge in [0, 0.05) is 37.3 Å². The molecule has 0 bridgehead atoms. The zero-order valence-electron chi connectivity index (χ0n) is 17.9. The van der Waals surface area contributed by atoms with Crippen LogP contribution in [-0.4, -0.2) is 55.6 Å².